The third-order valence-electron chi connectivity index (χ3n) is 2.21. The van der Waals surface area contributed by atoms with Gasteiger partial charge in [-0.15, -0.1) is 0 Å². The topological polar surface area (TPSA) is 22.0 Å². The maximum Gasteiger partial charge on any atom is 0.291 e. The van der Waals surface area contributed by atoms with Crippen molar-refractivity contribution in [3.05, 3.63) is 64.3 Å². The van der Waals surface area contributed by atoms with Crippen LogP contribution in [0.1, 0.15) is 5.56 Å². The number of hydrogen-bond acceptors (Lipinski definition) is 1. The lowest BCUT2D eigenvalue weighted by Gasteiger charge is -2.05. The highest BCUT2D eigenvalue weighted by Crippen LogP contribution is 2.06. The Morgan fingerprint density at radius 1 is 1.13 bits per heavy atom. The fourth-order valence-electron chi connectivity index (χ4n) is 1.38. The number of halogens is 1. The van der Waals surface area contributed by atoms with Crippen LogP contribution in [-0.4, -0.2) is 4.57 Å². The molecule has 0 amide bonds. The highest BCUT2D eigenvalue weighted by molar-refractivity contribution is 5.34. The molecule has 0 saturated carbocycles. The van der Waals surface area contributed by atoms with Crippen LogP contribution < -0.4 is 5.56 Å². The Morgan fingerprint density at radius 2 is 1.80 bits per heavy atom. The average Bonchev–Trinajstić information content (AvgIpc) is 2.24. The Morgan fingerprint density at radius 3 is 2.47 bits per heavy atom. The summed E-state index contributed by atoms with van der Waals surface area (Å²) in [5, 5.41) is 0. The minimum absolute atomic E-state index is 0.624. The van der Waals surface area contributed by atoms with Gasteiger partial charge in [0.15, 0.2) is 5.82 Å². The van der Waals surface area contributed by atoms with E-state index in [1.807, 2.05) is 19.1 Å². The Balaban J connectivity index is 2.59. The van der Waals surface area contributed by atoms with Crippen LogP contribution in [0.2, 0.25) is 0 Å². The standard InChI is InChI=1S/C12H10FNO/c1-9-4-6-10(7-5-9)14-8-2-3-11(13)12(14)15/h2-8H,1H3. The van der Waals surface area contributed by atoms with Crippen molar-refractivity contribution in [2.75, 3.05) is 0 Å². The van der Waals surface area contributed by atoms with Crippen molar-refractivity contribution in [1.82, 2.24) is 4.57 Å². The zero-order valence-corrected chi connectivity index (χ0v) is 8.27. The van der Waals surface area contributed by atoms with Gasteiger partial charge >= 0.3 is 0 Å². The minimum atomic E-state index is -0.738. The molecule has 0 unspecified atom stereocenters. The third kappa shape index (κ3) is 1.81. The van der Waals surface area contributed by atoms with Crippen LogP contribution in [0.3, 0.4) is 0 Å². The van der Waals surface area contributed by atoms with Gasteiger partial charge in [-0.25, -0.2) is 4.39 Å². The Labute approximate surface area is 86.6 Å². The van der Waals surface area contributed by atoms with Crippen LogP contribution in [0, 0.1) is 12.7 Å². The summed E-state index contributed by atoms with van der Waals surface area (Å²) in [5.74, 6) is -0.738. The predicted octanol–water partition coefficient (Wildman–Crippen LogP) is 2.29. The Bertz CT molecular complexity index is 528. The van der Waals surface area contributed by atoms with Gasteiger partial charge in [-0.1, -0.05) is 17.7 Å². The molecule has 0 saturated heterocycles. The summed E-state index contributed by atoms with van der Waals surface area (Å²) < 4.78 is 14.3. The molecule has 0 spiro atoms. The zero-order valence-electron chi connectivity index (χ0n) is 8.27. The van der Waals surface area contributed by atoms with Crippen LogP contribution >= 0.6 is 0 Å². The molecule has 0 aliphatic heterocycles. The zero-order chi connectivity index (χ0) is 10.8. The summed E-state index contributed by atoms with van der Waals surface area (Å²) in [6, 6.07) is 10.0. The van der Waals surface area contributed by atoms with Gasteiger partial charge in [0.1, 0.15) is 0 Å². The molecular formula is C12H10FNO. The van der Waals surface area contributed by atoms with Crippen LogP contribution in [0.15, 0.2) is 47.4 Å². The van der Waals surface area contributed by atoms with E-state index in [1.165, 1.54) is 10.6 Å². The van der Waals surface area contributed by atoms with Crippen LogP contribution in [-0.2, 0) is 0 Å². The van der Waals surface area contributed by atoms with Gasteiger partial charge < -0.3 is 0 Å². The number of nitrogens with zero attached hydrogens (tertiary/aromatic N) is 1. The van der Waals surface area contributed by atoms with Crippen LogP contribution in [0.25, 0.3) is 5.69 Å². The van der Waals surface area contributed by atoms with E-state index in [-0.39, 0.29) is 0 Å². The fourth-order valence-corrected chi connectivity index (χ4v) is 1.38. The quantitative estimate of drug-likeness (QED) is 0.697. The second-order valence-electron chi connectivity index (χ2n) is 3.37. The van der Waals surface area contributed by atoms with Gasteiger partial charge in [0, 0.05) is 11.9 Å². The van der Waals surface area contributed by atoms with E-state index in [9.17, 15) is 9.18 Å². The lowest BCUT2D eigenvalue weighted by atomic mass is 10.2. The molecule has 1 heterocycles. The Kier molecular flexibility index (Phi) is 2.37. The monoisotopic (exact) mass is 203 g/mol. The van der Waals surface area contributed by atoms with E-state index in [0.717, 1.165) is 11.6 Å². The van der Waals surface area contributed by atoms with Gasteiger partial charge in [-0.3, -0.25) is 9.36 Å². The average molecular weight is 203 g/mol. The highest BCUT2D eigenvalue weighted by atomic mass is 19.1. The van der Waals surface area contributed by atoms with Crippen molar-refractivity contribution in [3.63, 3.8) is 0 Å². The summed E-state index contributed by atoms with van der Waals surface area (Å²) in [7, 11) is 0. The maximum absolute atomic E-state index is 13.0. The van der Waals surface area contributed by atoms with E-state index in [1.54, 1.807) is 18.3 Å². The number of aromatic nitrogens is 1. The number of pyridine rings is 1. The molecule has 0 N–H and O–H groups in total. The van der Waals surface area contributed by atoms with Crippen molar-refractivity contribution in [3.8, 4) is 5.69 Å². The number of benzene rings is 1. The normalized spacial score (nSPS) is 10.3. The van der Waals surface area contributed by atoms with E-state index in [4.69, 9.17) is 0 Å². The van der Waals surface area contributed by atoms with E-state index < -0.39 is 11.4 Å². The molecule has 0 aliphatic rings. The van der Waals surface area contributed by atoms with E-state index >= 15 is 0 Å². The molecule has 0 fully saturated rings. The molecule has 0 radical (unpaired) electrons. The number of hydrogen-bond donors (Lipinski definition) is 0. The van der Waals surface area contributed by atoms with Crippen LogP contribution in [0.5, 0.6) is 0 Å². The summed E-state index contributed by atoms with van der Waals surface area (Å²) in [5.41, 5.74) is 1.15. The van der Waals surface area contributed by atoms with Crippen molar-refractivity contribution < 1.29 is 4.39 Å². The minimum Gasteiger partial charge on any atom is -0.282 e. The summed E-state index contributed by atoms with van der Waals surface area (Å²) in [6.07, 6.45) is 1.55. The lowest BCUT2D eigenvalue weighted by molar-refractivity contribution is 0.599. The van der Waals surface area contributed by atoms with Gasteiger partial charge in [0.25, 0.3) is 5.56 Å². The molecule has 2 rings (SSSR count). The maximum atomic E-state index is 13.0. The first kappa shape index (κ1) is 9.65. The molecule has 0 atom stereocenters. The molecule has 0 aliphatic carbocycles. The molecule has 2 nitrogen and oxygen atoms in total. The highest BCUT2D eigenvalue weighted by Gasteiger charge is 2.02. The molecule has 76 valence electrons. The second-order valence-corrected chi connectivity index (χ2v) is 3.37. The first-order chi connectivity index (χ1) is 7.18. The molecule has 1 aromatic heterocycles. The van der Waals surface area contributed by atoms with Crippen molar-refractivity contribution >= 4 is 0 Å². The number of aryl methyl sites for hydroxylation is 1. The smallest absolute Gasteiger partial charge is 0.282 e. The van der Waals surface area contributed by atoms with Gasteiger partial charge in [-0.05, 0) is 31.2 Å². The summed E-state index contributed by atoms with van der Waals surface area (Å²) in [6.45, 7) is 1.96. The first-order valence-electron chi connectivity index (χ1n) is 4.63. The van der Waals surface area contributed by atoms with Gasteiger partial charge in [0.05, 0.1) is 0 Å². The van der Waals surface area contributed by atoms with E-state index in [2.05, 4.69) is 0 Å². The van der Waals surface area contributed by atoms with Crippen LogP contribution in [0.4, 0.5) is 4.39 Å². The van der Waals surface area contributed by atoms with E-state index in [0.29, 0.717) is 5.69 Å². The lowest BCUT2D eigenvalue weighted by Crippen LogP contribution is -2.20. The Hall–Kier alpha value is -1.90. The molecule has 0 bridgehead atoms. The molecule has 15 heavy (non-hydrogen) atoms. The fraction of sp³-hybridized carbons (Fsp3) is 0.0833. The van der Waals surface area contributed by atoms with Crippen molar-refractivity contribution in [2.45, 2.75) is 6.92 Å². The number of rotatable bonds is 1. The largest absolute Gasteiger partial charge is 0.291 e. The molecule has 2 aromatic rings. The van der Waals surface area contributed by atoms with Gasteiger partial charge in [0.2, 0.25) is 0 Å². The predicted molar refractivity (Wildman–Crippen MR) is 56.7 cm³/mol. The van der Waals surface area contributed by atoms with Crippen molar-refractivity contribution in [2.24, 2.45) is 0 Å². The first-order valence-corrected chi connectivity index (χ1v) is 4.63. The SMILES string of the molecule is Cc1ccc(-n2cccc(F)c2=O)cc1. The molecule has 1 aromatic carbocycles. The summed E-state index contributed by atoms with van der Waals surface area (Å²) >= 11 is 0. The third-order valence-corrected chi connectivity index (χ3v) is 2.21. The van der Waals surface area contributed by atoms with Crippen molar-refractivity contribution in [1.29, 1.82) is 0 Å². The second kappa shape index (κ2) is 3.69. The van der Waals surface area contributed by atoms with Gasteiger partial charge in [-0.2, -0.15) is 0 Å². The molecular weight excluding hydrogens is 193 g/mol. The summed E-state index contributed by atoms with van der Waals surface area (Å²) in [4.78, 5) is 11.4. The molecule has 3 heteroatoms.